The lowest BCUT2D eigenvalue weighted by atomic mass is 10.1. The van der Waals surface area contributed by atoms with Gasteiger partial charge in [-0.05, 0) is 61.7 Å². The largest absolute Gasteiger partial charge is 0.482 e. The fraction of sp³-hybridized carbons (Fsp3) is 0.318. The first kappa shape index (κ1) is 20.4. The van der Waals surface area contributed by atoms with E-state index in [-0.39, 0.29) is 30.9 Å². The van der Waals surface area contributed by atoms with E-state index in [4.69, 9.17) is 4.74 Å². The van der Waals surface area contributed by atoms with Gasteiger partial charge in [0.05, 0.1) is 5.69 Å². The summed E-state index contributed by atoms with van der Waals surface area (Å²) >= 11 is 0. The standard InChI is InChI=1S/C22H25N3O4/c1-4-9-23-20(26)12-25-18-11-17(7-8-19(18)29-13-21(25)27)24-22(28)16-6-5-14(2)15(3)10-16/h5-8,10-11H,4,9,12-13H2,1-3H3,(H,23,26)(H,24,28). The van der Waals surface area contributed by atoms with Crippen LogP contribution in [0.15, 0.2) is 36.4 Å². The van der Waals surface area contributed by atoms with Gasteiger partial charge in [-0.15, -0.1) is 0 Å². The molecule has 0 unspecified atom stereocenters. The average Bonchev–Trinajstić information content (AvgIpc) is 2.70. The second-order valence-electron chi connectivity index (χ2n) is 7.05. The molecule has 0 fully saturated rings. The van der Waals surface area contributed by atoms with Gasteiger partial charge in [0.2, 0.25) is 5.91 Å². The van der Waals surface area contributed by atoms with E-state index in [9.17, 15) is 14.4 Å². The zero-order valence-electron chi connectivity index (χ0n) is 16.9. The molecule has 0 atom stereocenters. The van der Waals surface area contributed by atoms with Crippen molar-refractivity contribution in [2.75, 3.05) is 29.9 Å². The quantitative estimate of drug-likeness (QED) is 0.787. The van der Waals surface area contributed by atoms with Crippen LogP contribution in [0.5, 0.6) is 5.75 Å². The molecule has 1 heterocycles. The van der Waals surface area contributed by atoms with Crippen molar-refractivity contribution in [1.82, 2.24) is 5.32 Å². The van der Waals surface area contributed by atoms with Gasteiger partial charge in [0.15, 0.2) is 6.61 Å². The minimum absolute atomic E-state index is 0.0935. The summed E-state index contributed by atoms with van der Waals surface area (Å²) in [5.74, 6) is -0.292. The number of anilines is 2. The van der Waals surface area contributed by atoms with Gasteiger partial charge in [-0.3, -0.25) is 19.3 Å². The van der Waals surface area contributed by atoms with Gasteiger partial charge < -0.3 is 15.4 Å². The Balaban J connectivity index is 1.80. The van der Waals surface area contributed by atoms with Crippen LogP contribution in [0.1, 0.15) is 34.8 Å². The van der Waals surface area contributed by atoms with Crippen LogP contribution in [0.25, 0.3) is 0 Å². The van der Waals surface area contributed by atoms with Crippen molar-refractivity contribution in [3.05, 3.63) is 53.1 Å². The topological polar surface area (TPSA) is 87.7 Å². The fourth-order valence-corrected chi connectivity index (χ4v) is 3.00. The first-order chi connectivity index (χ1) is 13.9. The number of rotatable bonds is 6. The van der Waals surface area contributed by atoms with Crippen LogP contribution < -0.4 is 20.3 Å². The normalized spacial score (nSPS) is 12.8. The molecule has 29 heavy (non-hydrogen) atoms. The Morgan fingerprint density at radius 3 is 2.62 bits per heavy atom. The average molecular weight is 395 g/mol. The van der Waals surface area contributed by atoms with Crippen molar-refractivity contribution in [2.24, 2.45) is 0 Å². The number of fused-ring (bicyclic) bond motifs is 1. The molecule has 7 nitrogen and oxygen atoms in total. The number of ether oxygens (including phenoxy) is 1. The lowest BCUT2D eigenvalue weighted by Crippen LogP contribution is -2.45. The number of carbonyl (C=O) groups excluding carboxylic acids is 3. The minimum Gasteiger partial charge on any atom is -0.482 e. The van der Waals surface area contributed by atoms with Crippen LogP contribution >= 0.6 is 0 Å². The lowest BCUT2D eigenvalue weighted by Gasteiger charge is -2.29. The van der Waals surface area contributed by atoms with Crippen LogP contribution in [0.4, 0.5) is 11.4 Å². The highest BCUT2D eigenvalue weighted by molar-refractivity contribution is 6.06. The predicted molar refractivity (Wildman–Crippen MR) is 111 cm³/mol. The highest BCUT2D eigenvalue weighted by Crippen LogP contribution is 2.34. The number of hydrogen-bond acceptors (Lipinski definition) is 4. The van der Waals surface area contributed by atoms with E-state index in [0.717, 1.165) is 17.5 Å². The van der Waals surface area contributed by atoms with Crippen LogP contribution in [-0.2, 0) is 9.59 Å². The first-order valence-electron chi connectivity index (χ1n) is 9.61. The SMILES string of the molecule is CCCNC(=O)CN1C(=O)COc2ccc(NC(=O)c3ccc(C)c(C)c3)cc21. The molecule has 0 bridgehead atoms. The minimum atomic E-state index is -0.304. The molecule has 152 valence electrons. The Hall–Kier alpha value is -3.35. The fourth-order valence-electron chi connectivity index (χ4n) is 3.00. The van der Waals surface area contributed by atoms with Gasteiger partial charge >= 0.3 is 0 Å². The smallest absolute Gasteiger partial charge is 0.265 e. The Labute approximate surface area is 170 Å². The summed E-state index contributed by atoms with van der Waals surface area (Å²) in [5.41, 5.74) is 3.68. The zero-order valence-corrected chi connectivity index (χ0v) is 16.9. The second-order valence-corrected chi connectivity index (χ2v) is 7.05. The van der Waals surface area contributed by atoms with E-state index < -0.39 is 0 Å². The molecule has 3 rings (SSSR count). The monoisotopic (exact) mass is 395 g/mol. The maximum atomic E-state index is 12.6. The van der Waals surface area contributed by atoms with E-state index in [2.05, 4.69) is 10.6 Å². The molecule has 0 radical (unpaired) electrons. The van der Waals surface area contributed by atoms with Gasteiger partial charge in [0.25, 0.3) is 11.8 Å². The van der Waals surface area contributed by atoms with Crippen molar-refractivity contribution in [2.45, 2.75) is 27.2 Å². The number of hydrogen-bond donors (Lipinski definition) is 2. The van der Waals surface area contributed by atoms with Crippen molar-refractivity contribution in [3.63, 3.8) is 0 Å². The third-order valence-electron chi connectivity index (χ3n) is 4.80. The van der Waals surface area contributed by atoms with Crippen molar-refractivity contribution in [3.8, 4) is 5.75 Å². The Morgan fingerprint density at radius 2 is 1.90 bits per heavy atom. The zero-order chi connectivity index (χ0) is 21.0. The number of aryl methyl sites for hydroxylation is 2. The van der Waals surface area contributed by atoms with Crippen LogP contribution in [0, 0.1) is 13.8 Å². The third kappa shape index (κ3) is 4.74. The molecule has 0 saturated carbocycles. The van der Waals surface area contributed by atoms with E-state index in [1.807, 2.05) is 32.9 Å². The number of amides is 3. The lowest BCUT2D eigenvalue weighted by molar-refractivity contribution is -0.125. The number of carbonyl (C=O) groups is 3. The molecule has 1 aliphatic heterocycles. The van der Waals surface area contributed by atoms with Crippen LogP contribution in [0.3, 0.4) is 0 Å². The summed E-state index contributed by atoms with van der Waals surface area (Å²) in [4.78, 5) is 38.4. The number of nitrogens with one attached hydrogen (secondary N) is 2. The Bertz CT molecular complexity index is 955. The van der Waals surface area contributed by atoms with Crippen molar-refractivity contribution < 1.29 is 19.1 Å². The summed E-state index contributed by atoms with van der Waals surface area (Å²) in [6, 6.07) is 10.6. The van der Waals surface area contributed by atoms with Crippen LogP contribution in [0.2, 0.25) is 0 Å². The molecule has 0 aliphatic carbocycles. The van der Waals surface area contributed by atoms with Gasteiger partial charge in [-0.1, -0.05) is 13.0 Å². The molecule has 0 spiro atoms. The van der Waals surface area contributed by atoms with E-state index in [1.165, 1.54) is 4.90 Å². The molecule has 2 N–H and O–H groups in total. The van der Waals surface area contributed by atoms with Gasteiger partial charge in [0.1, 0.15) is 12.3 Å². The maximum absolute atomic E-state index is 12.6. The Kier molecular flexibility index (Phi) is 6.16. The van der Waals surface area contributed by atoms with Crippen molar-refractivity contribution in [1.29, 1.82) is 0 Å². The van der Waals surface area contributed by atoms with Gasteiger partial charge in [-0.2, -0.15) is 0 Å². The molecule has 7 heteroatoms. The Morgan fingerprint density at radius 1 is 1.10 bits per heavy atom. The highest BCUT2D eigenvalue weighted by Gasteiger charge is 2.27. The number of nitrogens with zero attached hydrogens (tertiary/aromatic N) is 1. The maximum Gasteiger partial charge on any atom is 0.265 e. The molecule has 1 aliphatic rings. The van der Waals surface area contributed by atoms with E-state index >= 15 is 0 Å². The second kappa shape index (κ2) is 8.77. The summed E-state index contributed by atoms with van der Waals surface area (Å²) in [5, 5.41) is 5.61. The molecular weight excluding hydrogens is 370 g/mol. The van der Waals surface area contributed by atoms with Gasteiger partial charge in [-0.25, -0.2) is 0 Å². The molecule has 2 aromatic rings. The highest BCUT2D eigenvalue weighted by atomic mass is 16.5. The van der Waals surface area contributed by atoms with Gasteiger partial charge in [0, 0.05) is 17.8 Å². The van der Waals surface area contributed by atoms with E-state index in [1.54, 1.807) is 24.3 Å². The number of benzene rings is 2. The molecule has 2 aromatic carbocycles. The molecule has 3 amide bonds. The first-order valence-corrected chi connectivity index (χ1v) is 9.61. The predicted octanol–water partition coefficient (Wildman–Crippen LogP) is 2.81. The molecule has 0 aromatic heterocycles. The summed E-state index contributed by atoms with van der Waals surface area (Å²) in [6.07, 6.45) is 0.814. The summed E-state index contributed by atoms with van der Waals surface area (Å²) < 4.78 is 5.47. The summed E-state index contributed by atoms with van der Waals surface area (Å²) in [7, 11) is 0. The van der Waals surface area contributed by atoms with E-state index in [0.29, 0.717) is 29.2 Å². The molecular formula is C22H25N3O4. The van der Waals surface area contributed by atoms with Crippen LogP contribution in [-0.4, -0.2) is 37.4 Å². The van der Waals surface area contributed by atoms with Crippen molar-refractivity contribution >= 4 is 29.1 Å². The summed E-state index contributed by atoms with van der Waals surface area (Å²) in [6.45, 7) is 6.24. The third-order valence-corrected chi connectivity index (χ3v) is 4.80. The molecule has 0 saturated heterocycles.